The Balaban J connectivity index is 1.67. The van der Waals surface area contributed by atoms with Gasteiger partial charge in [-0.05, 0) is 37.0 Å². The largest absolute Gasteiger partial charge is 0.495 e. The molecule has 1 N–H and O–H groups in total. The molecule has 1 aliphatic heterocycles. The fraction of sp³-hybridized carbons (Fsp3) is 0.429. The lowest BCUT2D eigenvalue weighted by Gasteiger charge is -2.35. The van der Waals surface area contributed by atoms with Crippen molar-refractivity contribution in [2.45, 2.75) is 38.3 Å². The molecule has 144 valence electrons. The molecule has 0 aliphatic carbocycles. The number of hydrogen-bond acceptors (Lipinski definition) is 5. The summed E-state index contributed by atoms with van der Waals surface area (Å²) in [5, 5.41) is 8.92. The minimum Gasteiger partial charge on any atom is -0.495 e. The quantitative estimate of drug-likeness (QED) is 0.803. The molecule has 1 amide bonds. The van der Waals surface area contributed by atoms with Gasteiger partial charge >= 0.3 is 6.09 Å². The van der Waals surface area contributed by atoms with E-state index in [1.54, 1.807) is 24.4 Å². The maximum Gasteiger partial charge on any atom is 0.410 e. The number of cyclic esters (lactones) is 1. The topological polar surface area (TPSA) is 71.9 Å². The lowest BCUT2D eigenvalue weighted by atomic mass is 10.0. The Bertz CT molecular complexity index is 763. The normalized spacial score (nSPS) is 18.1. The first-order chi connectivity index (χ1) is 13.1. The molecule has 27 heavy (non-hydrogen) atoms. The first-order valence-electron chi connectivity index (χ1n) is 9.30. The minimum atomic E-state index is -0.280. The number of nitrogens with zero attached hydrogens (tertiary/aromatic N) is 2. The predicted octanol–water partition coefficient (Wildman–Crippen LogP) is 3.80. The Morgan fingerprint density at radius 3 is 2.74 bits per heavy atom. The van der Waals surface area contributed by atoms with E-state index >= 15 is 0 Å². The third-order valence-corrected chi connectivity index (χ3v) is 5.02. The summed E-state index contributed by atoms with van der Waals surface area (Å²) in [5.41, 5.74) is 3.08. The molecule has 0 radical (unpaired) electrons. The zero-order chi connectivity index (χ0) is 19.2. The molecule has 1 saturated heterocycles. The molecule has 1 aromatic heterocycles. The van der Waals surface area contributed by atoms with Crippen LogP contribution in [-0.4, -0.2) is 47.4 Å². The number of carbonyl (C=O) groups is 1. The summed E-state index contributed by atoms with van der Waals surface area (Å²) in [5.74, 6) is 0.719. The molecule has 0 saturated carbocycles. The number of rotatable bonds is 7. The Kier molecular flexibility index (Phi) is 6.29. The van der Waals surface area contributed by atoms with Crippen LogP contribution in [0.15, 0.2) is 42.7 Å². The van der Waals surface area contributed by atoms with Gasteiger partial charge in [0.25, 0.3) is 0 Å². The van der Waals surface area contributed by atoms with Crippen LogP contribution >= 0.6 is 0 Å². The summed E-state index contributed by atoms with van der Waals surface area (Å²) in [7, 11) is 1.62. The molecule has 0 bridgehead atoms. The fourth-order valence-electron chi connectivity index (χ4n) is 3.34. The van der Waals surface area contributed by atoms with Crippen LogP contribution in [-0.2, 0) is 4.74 Å². The van der Waals surface area contributed by atoms with Crippen molar-refractivity contribution in [2.24, 2.45) is 0 Å². The number of aromatic nitrogens is 1. The van der Waals surface area contributed by atoms with Crippen molar-refractivity contribution in [3.63, 3.8) is 0 Å². The molecule has 2 aromatic rings. The van der Waals surface area contributed by atoms with E-state index < -0.39 is 0 Å². The second-order valence-corrected chi connectivity index (χ2v) is 6.77. The standard InChI is InChI=1S/C21H26N2O4/c1-15(23-10-9-19(4-3-11-24)27-21(23)25)16-5-7-17(8-6-16)18-12-20(26-2)14-22-13-18/h5-8,12-15,19,24H,3-4,9-11H2,1-2H3. The van der Waals surface area contributed by atoms with Gasteiger partial charge in [0.15, 0.2) is 0 Å². The summed E-state index contributed by atoms with van der Waals surface area (Å²) >= 11 is 0. The number of benzene rings is 1. The molecule has 1 aromatic carbocycles. The number of aliphatic hydroxyl groups is 1. The minimum absolute atomic E-state index is 0.0613. The van der Waals surface area contributed by atoms with Crippen LogP contribution < -0.4 is 4.74 Å². The summed E-state index contributed by atoms with van der Waals surface area (Å²) in [6.07, 6.45) is 5.28. The van der Waals surface area contributed by atoms with E-state index in [4.69, 9.17) is 14.6 Å². The summed E-state index contributed by atoms with van der Waals surface area (Å²) in [4.78, 5) is 18.3. The Morgan fingerprint density at radius 1 is 1.30 bits per heavy atom. The van der Waals surface area contributed by atoms with Crippen LogP contribution in [0.25, 0.3) is 11.1 Å². The first kappa shape index (κ1) is 19.2. The van der Waals surface area contributed by atoms with Crippen LogP contribution in [0.5, 0.6) is 5.75 Å². The monoisotopic (exact) mass is 370 g/mol. The van der Waals surface area contributed by atoms with Gasteiger partial charge in [0.05, 0.1) is 19.3 Å². The summed E-state index contributed by atoms with van der Waals surface area (Å²) in [6, 6.07) is 10.0. The van der Waals surface area contributed by atoms with E-state index in [1.807, 2.05) is 37.3 Å². The van der Waals surface area contributed by atoms with E-state index in [9.17, 15) is 4.79 Å². The van der Waals surface area contributed by atoms with Crippen molar-refractivity contribution < 1.29 is 19.4 Å². The van der Waals surface area contributed by atoms with E-state index in [0.29, 0.717) is 19.4 Å². The van der Waals surface area contributed by atoms with Gasteiger partial charge in [-0.2, -0.15) is 0 Å². The van der Waals surface area contributed by atoms with Crippen LogP contribution in [0.3, 0.4) is 0 Å². The van der Waals surface area contributed by atoms with Gasteiger partial charge in [-0.15, -0.1) is 0 Å². The number of aliphatic hydroxyl groups excluding tert-OH is 1. The van der Waals surface area contributed by atoms with Crippen molar-refractivity contribution in [3.05, 3.63) is 48.3 Å². The maximum absolute atomic E-state index is 12.4. The molecule has 0 spiro atoms. The molecule has 6 heteroatoms. The van der Waals surface area contributed by atoms with E-state index in [-0.39, 0.29) is 24.8 Å². The number of ether oxygens (including phenoxy) is 2. The first-order valence-corrected chi connectivity index (χ1v) is 9.30. The molecule has 2 unspecified atom stereocenters. The van der Waals surface area contributed by atoms with Gasteiger partial charge in [-0.1, -0.05) is 24.3 Å². The third-order valence-electron chi connectivity index (χ3n) is 5.02. The molecule has 3 rings (SSSR count). The van der Waals surface area contributed by atoms with Crippen LogP contribution in [0, 0.1) is 0 Å². The highest BCUT2D eigenvalue weighted by molar-refractivity contribution is 5.69. The van der Waals surface area contributed by atoms with Gasteiger partial charge < -0.3 is 19.5 Å². The van der Waals surface area contributed by atoms with Crippen LogP contribution in [0.1, 0.15) is 37.8 Å². The molecular formula is C21H26N2O4. The van der Waals surface area contributed by atoms with Gasteiger partial charge in [0.2, 0.25) is 0 Å². The molecule has 1 aliphatic rings. The van der Waals surface area contributed by atoms with E-state index in [2.05, 4.69) is 4.98 Å². The zero-order valence-electron chi connectivity index (χ0n) is 15.8. The molecule has 2 heterocycles. The lowest BCUT2D eigenvalue weighted by Crippen LogP contribution is -2.43. The Labute approximate surface area is 159 Å². The number of carbonyl (C=O) groups excluding carboxylic acids is 1. The average Bonchev–Trinajstić information content (AvgIpc) is 2.72. The van der Waals surface area contributed by atoms with Crippen LogP contribution in [0.4, 0.5) is 4.79 Å². The fourth-order valence-corrected chi connectivity index (χ4v) is 3.34. The lowest BCUT2D eigenvalue weighted by molar-refractivity contribution is 0.00760. The van der Waals surface area contributed by atoms with Crippen molar-refractivity contribution in [1.29, 1.82) is 0 Å². The zero-order valence-corrected chi connectivity index (χ0v) is 15.8. The molecule has 2 atom stereocenters. The molecular weight excluding hydrogens is 344 g/mol. The number of hydrogen-bond donors (Lipinski definition) is 1. The van der Waals surface area contributed by atoms with Gasteiger partial charge in [-0.25, -0.2) is 4.79 Å². The number of methoxy groups -OCH3 is 1. The maximum atomic E-state index is 12.4. The Hall–Kier alpha value is -2.60. The van der Waals surface area contributed by atoms with Crippen molar-refractivity contribution in [2.75, 3.05) is 20.3 Å². The molecule has 6 nitrogen and oxygen atoms in total. The van der Waals surface area contributed by atoms with Gasteiger partial charge in [-0.3, -0.25) is 4.98 Å². The third kappa shape index (κ3) is 4.57. The molecule has 1 fully saturated rings. The number of amides is 1. The number of pyridine rings is 1. The van der Waals surface area contributed by atoms with Gasteiger partial charge in [0, 0.05) is 31.3 Å². The Morgan fingerprint density at radius 2 is 2.07 bits per heavy atom. The SMILES string of the molecule is COc1cncc(-c2ccc(C(C)N3CCC(CCCO)OC3=O)cc2)c1. The van der Waals surface area contributed by atoms with Crippen molar-refractivity contribution >= 4 is 6.09 Å². The second kappa shape index (κ2) is 8.86. The van der Waals surface area contributed by atoms with Crippen LogP contribution in [0.2, 0.25) is 0 Å². The average molecular weight is 370 g/mol. The van der Waals surface area contributed by atoms with E-state index in [1.165, 1.54) is 0 Å². The summed E-state index contributed by atoms with van der Waals surface area (Å²) in [6.45, 7) is 2.80. The van der Waals surface area contributed by atoms with Gasteiger partial charge in [0.1, 0.15) is 11.9 Å². The van der Waals surface area contributed by atoms with E-state index in [0.717, 1.165) is 28.9 Å². The highest BCUT2D eigenvalue weighted by Gasteiger charge is 2.30. The second-order valence-electron chi connectivity index (χ2n) is 6.77. The van der Waals surface area contributed by atoms with Crippen molar-refractivity contribution in [3.8, 4) is 16.9 Å². The summed E-state index contributed by atoms with van der Waals surface area (Å²) < 4.78 is 10.7. The smallest absolute Gasteiger partial charge is 0.410 e. The predicted molar refractivity (Wildman–Crippen MR) is 103 cm³/mol. The van der Waals surface area contributed by atoms with Crippen molar-refractivity contribution in [1.82, 2.24) is 9.88 Å². The highest BCUT2D eigenvalue weighted by atomic mass is 16.6. The highest BCUT2D eigenvalue weighted by Crippen LogP contribution is 2.29.